The van der Waals surface area contributed by atoms with Crippen LogP contribution < -0.4 is 4.74 Å². The first-order valence-electron chi connectivity index (χ1n) is 6.62. The molecule has 0 saturated heterocycles. The summed E-state index contributed by atoms with van der Waals surface area (Å²) in [7, 11) is 1.59. The first-order valence-corrected chi connectivity index (χ1v) is 7.41. The van der Waals surface area contributed by atoms with Crippen LogP contribution in [0.2, 0.25) is 0 Å². The van der Waals surface area contributed by atoms with Gasteiger partial charge in [0, 0.05) is 16.6 Å². The van der Waals surface area contributed by atoms with Crippen molar-refractivity contribution in [2.24, 2.45) is 0 Å². The van der Waals surface area contributed by atoms with E-state index in [0.29, 0.717) is 11.4 Å². The Morgan fingerprint density at radius 1 is 1.45 bits per heavy atom. The number of methoxy groups -OCH3 is 1. The molecule has 0 aliphatic rings. The van der Waals surface area contributed by atoms with Crippen molar-refractivity contribution in [3.05, 3.63) is 45.7 Å². The van der Waals surface area contributed by atoms with Crippen LogP contribution in [0.3, 0.4) is 0 Å². The third kappa shape index (κ3) is 2.88. The van der Waals surface area contributed by atoms with Gasteiger partial charge in [0.1, 0.15) is 11.8 Å². The molecule has 5 heteroatoms. The summed E-state index contributed by atoms with van der Waals surface area (Å²) in [6.45, 7) is 4.84. The zero-order valence-corrected chi connectivity index (χ0v) is 13.5. The highest BCUT2D eigenvalue weighted by Gasteiger charge is 2.23. The summed E-state index contributed by atoms with van der Waals surface area (Å²) in [5, 5.41) is 15.0. The molecule has 1 aromatic carbocycles. The minimum Gasteiger partial charge on any atom is -0.493 e. The third-order valence-electron chi connectivity index (χ3n) is 3.21. The fourth-order valence-electron chi connectivity index (χ4n) is 2.20. The lowest BCUT2D eigenvalue weighted by molar-refractivity contribution is 0.201. The summed E-state index contributed by atoms with van der Waals surface area (Å²) in [6, 6.07) is 5.90. The van der Waals surface area contributed by atoms with E-state index in [4.69, 9.17) is 4.74 Å². The minimum atomic E-state index is -0.769. The maximum atomic E-state index is 10.7. The highest BCUT2D eigenvalue weighted by atomic mass is 79.9. The average molecular weight is 339 g/mol. The normalized spacial score (nSPS) is 12.4. The standard InChI is InChI=1S/C15H19BrN2O2/c1-4-7-18-14(13(20-3)9-17-18)15(19)11-6-5-10(2)8-12(11)16/h5-6,8-9,15,19H,4,7H2,1-3H3. The van der Waals surface area contributed by atoms with Crippen molar-refractivity contribution in [2.75, 3.05) is 7.11 Å². The van der Waals surface area contributed by atoms with Gasteiger partial charge in [0.15, 0.2) is 5.75 Å². The van der Waals surface area contributed by atoms with Crippen molar-refractivity contribution in [1.82, 2.24) is 9.78 Å². The number of aliphatic hydroxyl groups is 1. The molecule has 0 fully saturated rings. The number of aryl methyl sites for hydroxylation is 2. The Kier molecular flexibility index (Phi) is 4.83. The molecule has 1 N–H and O–H groups in total. The molecule has 1 aromatic heterocycles. The molecule has 0 spiro atoms. The molecule has 108 valence electrons. The summed E-state index contributed by atoms with van der Waals surface area (Å²) in [6.07, 6.45) is 1.82. The molecule has 20 heavy (non-hydrogen) atoms. The van der Waals surface area contributed by atoms with E-state index in [0.717, 1.165) is 28.6 Å². The molecule has 2 rings (SSSR count). The lowest BCUT2D eigenvalue weighted by Crippen LogP contribution is -2.11. The number of halogens is 1. The fourth-order valence-corrected chi connectivity index (χ4v) is 2.91. The number of hydrogen-bond acceptors (Lipinski definition) is 3. The van der Waals surface area contributed by atoms with Gasteiger partial charge in [0.25, 0.3) is 0 Å². The van der Waals surface area contributed by atoms with Gasteiger partial charge in [-0.2, -0.15) is 5.10 Å². The first kappa shape index (κ1) is 15.1. The number of aliphatic hydroxyl groups excluding tert-OH is 1. The summed E-state index contributed by atoms with van der Waals surface area (Å²) < 4.78 is 8.01. The Hall–Kier alpha value is -1.33. The average Bonchev–Trinajstić information content (AvgIpc) is 2.81. The third-order valence-corrected chi connectivity index (χ3v) is 3.90. The van der Waals surface area contributed by atoms with E-state index in [9.17, 15) is 5.11 Å². The van der Waals surface area contributed by atoms with E-state index in [-0.39, 0.29) is 0 Å². The molecule has 0 radical (unpaired) electrons. The SMILES string of the molecule is CCCn1ncc(OC)c1C(O)c1ccc(C)cc1Br. The van der Waals surface area contributed by atoms with Gasteiger partial charge in [-0.15, -0.1) is 0 Å². The van der Waals surface area contributed by atoms with E-state index in [1.165, 1.54) is 0 Å². The maximum absolute atomic E-state index is 10.7. The van der Waals surface area contributed by atoms with Crippen LogP contribution in [0.15, 0.2) is 28.9 Å². The molecule has 4 nitrogen and oxygen atoms in total. The molecule has 1 heterocycles. The van der Waals surface area contributed by atoms with Crippen LogP contribution in [0.1, 0.15) is 36.3 Å². The smallest absolute Gasteiger partial charge is 0.163 e. The van der Waals surface area contributed by atoms with Gasteiger partial charge in [0.2, 0.25) is 0 Å². The van der Waals surface area contributed by atoms with Crippen molar-refractivity contribution < 1.29 is 9.84 Å². The van der Waals surface area contributed by atoms with Crippen LogP contribution >= 0.6 is 15.9 Å². The number of benzene rings is 1. The molecule has 0 amide bonds. The van der Waals surface area contributed by atoms with Crippen molar-refractivity contribution in [3.63, 3.8) is 0 Å². The van der Waals surface area contributed by atoms with Gasteiger partial charge < -0.3 is 9.84 Å². The zero-order valence-electron chi connectivity index (χ0n) is 11.9. The van der Waals surface area contributed by atoms with Crippen molar-refractivity contribution in [2.45, 2.75) is 32.9 Å². The van der Waals surface area contributed by atoms with Gasteiger partial charge in [-0.1, -0.05) is 35.0 Å². The van der Waals surface area contributed by atoms with Crippen LogP contribution in [0.5, 0.6) is 5.75 Å². The van der Waals surface area contributed by atoms with Gasteiger partial charge in [0.05, 0.1) is 13.3 Å². The lowest BCUT2D eigenvalue weighted by atomic mass is 10.0. The number of ether oxygens (including phenoxy) is 1. The quantitative estimate of drug-likeness (QED) is 0.908. The van der Waals surface area contributed by atoms with E-state index >= 15 is 0 Å². The molecular weight excluding hydrogens is 320 g/mol. The summed E-state index contributed by atoms with van der Waals surface area (Å²) in [4.78, 5) is 0. The van der Waals surface area contributed by atoms with Gasteiger partial charge in [-0.3, -0.25) is 4.68 Å². The molecule has 0 bridgehead atoms. The second-order valence-electron chi connectivity index (χ2n) is 4.75. The highest BCUT2D eigenvalue weighted by molar-refractivity contribution is 9.10. The molecular formula is C15H19BrN2O2. The molecule has 1 unspecified atom stereocenters. The van der Waals surface area contributed by atoms with Crippen molar-refractivity contribution in [3.8, 4) is 5.75 Å². The van der Waals surface area contributed by atoms with Gasteiger partial charge in [-0.05, 0) is 25.0 Å². The molecule has 0 aliphatic carbocycles. The predicted molar refractivity (Wildman–Crippen MR) is 82.0 cm³/mol. The van der Waals surface area contributed by atoms with Crippen molar-refractivity contribution in [1.29, 1.82) is 0 Å². The number of nitrogens with zero attached hydrogens (tertiary/aromatic N) is 2. The monoisotopic (exact) mass is 338 g/mol. The number of rotatable bonds is 5. The van der Waals surface area contributed by atoms with E-state index in [1.54, 1.807) is 18.0 Å². The summed E-state index contributed by atoms with van der Waals surface area (Å²) in [5.41, 5.74) is 2.65. The Morgan fingerprint density at radius 2 is 2.20 bits per heavy atom. The van der Waals surface area contributed by atoms with Crippen LogP contribution in [0, 0.1) is 6.92 Å². The van der Waals surface area contributed by atoms with Crippen LogP contribution in [0.4, 0.5) is 0 Å². The summed E-state index contributed by atoms with van der Waals surface area (Å²) in [5.74, 6) is 0.610. The van der Waals surface area contributed by atoms with E-state index in [2.05, 4.69) is 28.0 Å². The molecule has 2 aromatic rings. The fraction of sp³-hybridized carbons (Fsp3) is 0.400. The number of aromatic nitrogens is 2. The largest absolute Gasteiger partial charge is 0.493 e. The predicted octanol–water partition coefficient (Wildman–Crippen LogP) is 3.45. The Bertz CT molecular complexity index is 596. The molecule has 1 atom stereocenters. The second-order valence-corrected chi connectivity index (χ2v) is 5.60. The Labute approximate surface area is 127 Å². The summed E-state index contributed by atoms with van der Waals surface area (Å²) >= 11 is 3.51. The van der Waals surface area contributed by atoms with Crippen LogP contribution in [-0.2, 0) is 6.54 Å². The van der Waals surface area contributed by atoms with Gasteiger partial charge >= 0.3 is 0 Å². The minimum absolute atomic E-state index is 0.610. The van der Waals surface area contributed by atoms with Crippen molar-refractivity contribution >= 4 is 15.9 Å². The first-order chi connectivity index (χ1) is 9.58. The van der Waals surface area contributed by atoms with E-state index < -0.39 is 6.10 Å². The topological polar surface area (TPSA) is 47.3 Å². The van der Waals surface area contributed by atoms with Crippen LogP contribution in [-0.4, -0.2) is 22.0 Å². The van der Waals surface area contributed by atoms with E-state index in [1.807, 2.05) is 25.1 Å². The highest BCUT2D eigenvalue weighted by Crippen LogP contribution is 2.34. The Balaban J connectivity index is 2.46. The lowest BCUT2D eigenvalue weighted by Gasteiger charge is -2.16. The zero-order chi connectivity index (χ0) is 14.7. The second kappa shape index (κ2) is 6.41. The number of hydrogen-bond donors (Lipinski definition) is 1. The maximum Gasteiger partial charge on any atom is 0.163 e. The molecule has 0 saturated carbocycles. The molecule has 0 aliphatic heterocycles. The Morgan fingerprint density at radius 3 is 2.80 bits per heavy atom. The van der Waals surface area contributed by atoms with Gasteiger partial charge in [-0.25, -0.2) is 0 Å². The van der Waals surface area contributed by atoms with Crippen LogP contribution in [0.25, 0.3) is 0 Å².